The summed E-state index contributed by atoms with van der Waals surface area (Å²) in [7, 11) is 0. The largest absolute Gasteiger partial charge is 0.491 e. The van der Waals surface area contributed by atoms with Gasteiger partial charge in [-0.15, -0.1) is 0 Å². The van der Waals surface area contributed by atoms with E-state index >= 15 is 0 Å². The van der Waals surface area contributed by atoms with E-state index in [0.29, 0.717) is 25.2 Å². The molecule has 1 aromatic carbocycles. The number of rotatable bonds is 6. The van der Waals surface area contributed by atoms with Crippen LogP contribution >= 0.6 is 0 Å². The second-order valence-electron chi connectivity index (χ2n) is 8.51. The number of β-amino-alcohol motifs (C(OH)–C–C–N with tert-alkyl or cyclic N) is 1. The molecule has 0 aliphatic carbocycles. The lowest BCUT2D eigenvalue weighted by Crippen LogP contribution is -2.53. The molecule has 0 spiro atoms. The predicted octanol–water partition coefficient (Wildman–Crippen LogP) is 3.69. The molecule has 6 heteroatoms. The van der Waals surface area contributed by atoms with Gasteiger partial charge in [0, 0.05) is 13.1 Å². The first kappa shape index (κ1) is 21.4. The van der Waals surface area contributed by atoms with Crippen LogP contribution in [0.1, 0.15) is 66.8 Å². The lowest BCUT2D eigenvalue weighted by Gasteiger charge is -2.38. The summed E-state index contributed by atoms with van der Waals surface area (Å²) in [6, 6.07) is 7.81. The molecule has 158 valence electrons. The van der Waals surface area contributed by atoms with Gasteiger partial charge in [0.1, 0.15) is 23.7 Å². The first-order valence-corrected chi connectivity index (χ1v) is 10.5. The number of benzene rings is 1. The number of amides is 1. The molecule has 1 aromatic heterocycles. The Balaban J connectivity index is 1.70. The number of hydrogen-bond acceptors (Lipinski definition) is 4. The lowest BCUT2D eigenvalue weighted by atomic mass is 9.93. The van der Waals surface area contributed by atoms with E-state index in [4.69, 9.17) is 4.74 Å². The zero-order chi connectivity index (χ0) is 21.2. The Kier molecular flexibility index (Phi) is 6.32. The fourth-order valence-electron chi connectivity index (χ4n) is 3.72. The van der Waals surface area contributed by atoms with Crippen LogP contribution < -0.4 is 4.74 Å². The van der Waals surface area contributed by atoms with Crippen molar-refractivity contribution in [3.63, 3.8) is 0 Å². The molecule has 6 nitrogen and oxygen atoms in total. The van der Waals surface area contributed by atoms with Gasteiger partial charge in [-0.25, -0.2) is 0 Å². The Hall–Kier alpha value is -2.34. The highest BCUT2D eigenvalue weighted by Crippen LogP contribution is 2.26. The Bertz CT molecular complexity index is 874. The third-order valence-electron chi connectivity index (χ3n) is 5.74. The topological polar surface area (TPSA) is 67.6 Å². The van der Waals surface area contributed by atoms with E-state index < -0.39 is 5.60 Å². The number of nitrogens with zero attached hydrogens (tertiary/aromatic N) is 3. The number of piperidine rings is 1. The molecule has 1 N–H and O–H groups in total. The predicted molar refractivity (Wildman–Crippen MR) is 113 cm³/mol. The first-order valence-electron chi connectivity index (χ1n) is 10.5. The normalized spacial score (nSPS) is 19.6. The smallest absolute Gasteiger partial charge is 0.272 e. The van der Waals surface area contributed by atoms with Gasteiger partial charge in [-0.2, -0.15) is 5.10 Å². The maximum Gasteiger partial charge on any atom is 0.272 e. The second-order valence-corrected chi connectivity index (χ2v) is 8.51. The lowest BCUT2D eigenvalue weighted by molar-refractivity contribution is -0.0534. The van der Waals surface area contributed by atoms with Crippen LogP contribution in [-0.2, 0) is 6.54 Å². The number of hydrogen-bond donors (Lipinski definition) is 1. The van der Waals surface area contributed by atoms with Gasteiger partial charge < -0.3 is 14.7 Å². The quantitative estimate of drug-likeness (QED) is 0.804. The van der Waals surface area contributed by atoms with Crippen molar-refractivity contribution < 1.29 is 14.6 Å². The van der Waals surface area contributed by atoms with Crippen molar-refractivity contribution in [2.75, 3.05) is 19.7 Å². The zero-order valence-electron chi connectivity index (χ0n) is 18.2. The van der Waals surface area contributed by atoms with Crippen LogP contribution in [-0.4, -0.2) is 51.0 Å². The molecule has 1 unspecified atom stereocenters. The molecule has 2 aromatic rings. The molecular formula is C23H33N3O3. The third-order valence-corrected chi connectivity index (χ3v) is 5.74. The molecule has 29 heavy (non-hydrogen) atoms. The monoisotopic (exact) mass is 399 g/mol. The average Bonchev–Trinajstić information content (AvgIpc) is 3.13. The Morgan fingerprint density at radius 3 is 2.69 bits per heavy atom. The Labute approximate surface area is 173 Å². The highest BCUT2D eigenvalue weighted by atomic mass is 16.5. The molecule has 2 heterocycles. The van der Waals surface area contributed by atoms with Crippen molar-refractivity contribution >= 4 is 5.91 Å². The van der Waals surface area contributed by atoms with Crippen LogP contribution in [0.25, 0.3) is 0 Å². The average molecular weight is 400 g/mol. The summed E-state index contributed by atoms with van der Waals surface area (Å²) in [5, 5.41) is 15.7. The van der Waals surface area contributed by atoms with Crippen molar-refractivity contribution in [3.8, 4) is 5.75 Å². The van der Waals surface area contributed by atoms with Gasteiger partial charge in [0.15, 0.2) is 0 Å². The summed E-state index contributed by atoms with van der Waals surface area (Å²) in [4.78, 5) is 14.9. The minimum atomic E-state index is -1.05. The van der Waals surface area contributed by atoms with Gasteiger partial charge >= 0.3 is 0 Å². The number of aryl methyl sites for hydroxylation is 3. The molecule has 3 rings (SSSR count). The van der Waals surface area contributed by atoms with Gasteiger partial charge in [-0.05, 0) is 68.9 Å². The molecule has 0 saturated carbocycles. The minimum Gasteiger partial charge on any atom is -0.491 e. The molecule has 0 radical (unpaired) electrons. The standard InChI is InChI=1S/C23H33N3O3/c1-6-26-21(13-20(24-26)16(2)3)22(27)25-11-7-10-23(28,14-25)15-29-19-9-8-17(4)18(5)12-19/h8-9,12-13,16,28H,6-7,10-11,14-15H2,1-5H3. The third kappa shape index (κ3) is 4.81. The summed E-state index contributed by atoms with van der Waals surface area (Å²) in [6.07, 6.45) is 1.36. The van der Waals surface area contributed by atoms with Gasteiger partial charge in [0.05, 0.1) is 12.2 Å². The number of carbonyl (C=O) groups is 1. The summed E-state index contributed by atoms with van der Waals surface area (Å²) in [5.41, 5.74) is 2.82. The number of ether oxygens (including phenoxy) is 1. The van der Waals surface area contributed by atoms with Crippen LogP contribution in [0.4, 0.5) is 0 Å². The molecule has 1 aliphatic heterocycles. The van der Waals surface area contributed by atoms with Gasteiger partial charge in [-0.1, -0.05) is 19.9 Å². The first-order chi connectivity index (χ1) is 13.7. The van der Waals surface area contributed by atoms with Crippen molar-refractivity contribution in [3.05, 3.63) is 46.8 Å². The molecule has 0 bridgehead atoms. The fourth-order valence-corrected chi connectivity index (χ4v) is 3.72. The van der Waals surface area contributed by atoms with E-state index in [-0.39, 0.29) is 25.0 Å². The summed E-state index contributed by atoms with van der Waals surface area (Å²) < 4.78 is 7.65. The molecular weight excluding hydrogens is 366 g/mol. The van der Waals surface area contributed by atoms with Crippen molar-refractivity contribution in [2.45, 2.75) is 65.5 Å². The molecule has 1 saturated heterocycles. The van der Waals surface area contributed by atoms with Crippen LogP contribution in [0, 0.1) is 13.8 Å². The Morgan fingerprint density at radius 2 is 2.03 bits per heavy atom. The van der Waals surface area contributed by atoms with Crippen molar-refractivity contribution in [2.24, 2.45) is 0 Å². The molecule has 1 aliphatic rings. The van der Waals surface area contributed by atoms with E-state index in [2.05, 4.69) is 25.9 Å². The molecule has 1 fully saturated rings. The highest BCUT2D eigenvalue weighted by molar-refractivity contribution is 5.93. The van der Waals surface area contributed by atoms with Gasteiger partial charge in [0.25, 0.3) is 5.91 Å². The second kappa shape index (κ2) is 8.57. The maximum atomic E-state index is 13.2. The molecule has 1 atom stereocenters. The van der Waals surface area contributed by atoms with Crippen molar-refractivity contribution in [1.82, 2.24) is 14.7 Å². The minimum absolute atomic E-state index is 0.0736. The van der Waals surface area contributed by atoms with Crippen molar-refractivity contribution in [1.29, 1.82) is 0 Å². The zero-order valence-corrected chi connectivity index (χ0v) is 18.2. The van der Waals surface area contributed by atoms with Crippen LogP contribution in [0.5, 0.6) is 5.75 Å². The number of aromatic nitrogens is 2. The SMILES string of the molecule is CCn1nc(C(C)C)cc1C(=O)N1CCCC(O)(COc2ccc(C)c(C)c2)C1. The van der Waals surface area contributed by atoms with E-state index in [1.165, 1.54) is 5.56 Å². The summed E-state index contributed by atoms with van der Waals surface area (Å²) in [6.45, 7) is 11.9. The number of carbonyl (C=O) groups excluding carboxylic acids is 1. The van der Waals surface area contributed by atoms with E-state index in [9.17, 15) is 9.90 Å². The highest BCUT2D eigenvalue weighted by Gasteiger charge is 2.37. The van der Waals surface area contributed by atoms with E-state index in [1.54, 1.807) is 9.58 Å². The van der Waals surface area contributed by atoms with Crippen LogP contribution in [0.2, 0.25) is 0 Å². The van der Waals surface area contributed by atoms with E-state index in [0.717, 1.165) is 23.4 Å². The van der Waals surface area contributed by atoms with Gasteiger partial charge in [0.2, 0.25) is 0 Å². The van der Waals surface area contributed by atoms with Crippen LogP contribution in [0.3, 0.4) is 0 Å². The molecule has 1 amide bonds. The van der Waals surface area contributed by atoms with E-state index in [1.807, 2.05) is 38.1 Å². The summed E-state index contributed by atoms with van der Waals surface area (Å²) in [5.74, 6) is 0.935. The Morgan fingerprint density at radius 1 is 1.28 bits per heavy atom. The maximum absolute atomic E-state index is 13.2. The van der Waals surface area contributed by atoms with Crippen LogP contribution in [0.15, 0.2) is 24.3 Å². The fraction of sp³-hybridized carbons (Fsp3) is 0.565. The number of aliphatic hydroxyl groups is 1. The summed E-state index contributed by atoms with van der Waals surface area (Å²) >= 11 is 0. The van der Waals surface area contributed by atoms with Gasteiger partial charge in [-0.3, -0.25) is 9.48 Å². The number of likely N-dealkylation sites (tertiary alicyclic amines) is 1.